The van der Waals surface area contributed by atoms with Gasteiger partial charge in [0.05, 0.1) is 19.8 Å². The molecule has 26 heavy (non-hydrogen) atoms. The van der Waals surface area contributed by atoms with Crippen LogP contribution in [-0.4, -0.2) is 20.3 Å². The smallest absolute Gasteiger partial charge is 0.0718 e. The van der Waals surface area contributed by atoms with Crippen molar-refractivity contribution in [2.24, 2.45) is 0 Å². The number of benzene rings is 1. The minimum atomic E-state index is 0.660. The van der Waals surface area contributed by atoms with Gasteiger partial charge in [0.1, 0.15) is 0 Å². The van der Waals surface area contributed by atoms with Gasteiger partial charge in [0.15, 0.2) is 0 Å². The lowest BCUT2D eigenvalue weighted by Gasteiger charge is -2.13. The lowest BCUT2D eigenvalue weighted by molar-refractivity contribution is 0.0616. The highest BCUT2D eigenvalue weighted by molar-refractivity contribution is 5.24. The lowest BCUT2D eigenvalue weighted by Crippen LogP contribution is -2.02. The maximum absolute atomic E-state index is 5.57. The first kappa shape index (κ1) is 23.2. The summed E-state index contributed by atoms with van der Waals surface area (Å²) >= 11 is 0. The highest BCUT2D eigenvalue weighted by Gasteiger charge is 2.05. The molecule has 0 amide bonds. The van der Waals surface area contributed by atoms with Crippen molar-refractivity contribution in [1.82, 2.24) is 0 Å². The van der Waals surface area contributed by atoms with E-state index in [1.165, 1.54) is 81.8 Å². The van der Waals surface area contributed by atoms with E-state index in [2.05, 4.69) is 38.1 Å². The van der Waals surface area contributed by atoms with Crippen LogP contribution in [-0.2, 0) is 16.1 Å². The van der Waals surface area contributed by atoms with E-state index in [1.807, 2.05) is 0 Å². The third-order valence-electron chi connectivity index (χ3n) is 5.24. The number of ether oxygens (including phenoxy) is 2. The summed E-state index contributed by atoms with van der Waals surface area (Å²) in [5.41, 5.74) is 2.71. The molecule has 0 saturated heterocycles. The average Bonchev–Trinajstić information content (AvgIpc) is 2.67. The summed E-state index contributed by atoms with van der Waals surface area (Å²) in [5, 5.41) is 0. The third kappa shape index (κ3) is 11.7. The van der Waals surface area contributed by atoms with Crippen LogP contribution in [0.4, 0.5) is 0 Å². The summed E-state index contributed by atoms with van der Waals surface area (Å²) in [6, 6.07) is 8.96. The van der Waals surface area contributed by atoms with Crippen molar-refractivity contribution in [2.45, 2.75) is 97.0 Å². The van der Waals surface area contributed by atoms with E-state index in [-0.39, 0.29) is 0 Å². The molecule has 1 unspecified atom stereocenters. The van der Waals surface area contributed by atoms with Gasteiger partial charge in [-0.3, -0.25) is 0 Å². The monoisotopic (exact) mass is 362 g/mol. The quantitative estimate of drug-likeness (QED) is 0.271. The van der Waals surface area contributed by atoms with Crippen molar-refractivity contribution < 1.29 is 9.47 Å². The molecule has 0 aliphatic rings. The first-order chi connectivity index (χ1) is 12.8. The Bertz CT molecular complexity index is 413. The molecule has 2 heteroatoms. The molecule has 1 aromatic carbocycles. The first-order valence-electron chi connectivity index (χ1n) is 10.9. The van der Waals surface area contributed by atoms with Gasteiger partial charge in [0.25, 0.3) is 0 Å². The zero-order valence-corrected chi connectivity index (χ0v) is 17.6. The van der Waals surface area contributed by atoms with Crippen molar-refractivity contribution in [3.63, 3.8) is 0 Å². The summed E-state index contributed by atoms with van der Waals surface area (Å²) in [5.74, 6) is 0.660. The van der Waals surface area contributed by atoms with E-state index in [9.17, 15) is 0 Å². The molecule has 2 nitrogen and oxygen atoms in total. The highest BCUT2D eigenvalue weighted by Crippen LogP contribution is 2.23. The van der Waals surface area contributed by atoms with Crippen molar-refractivity contribution in [2.75, 3.05) is 20.3 Å². The van der Waals surface area contributed by atoms with Crippen molar-refractivity contribution in [1.29, 1.82) is 0 Å². The molecule has 0 aliphatic carbocycles. The van der Waals surface area contributed by atoms with E-state index in [0.717, 1.165) is 0 Å². The molecule has 0 aromatic heterocycles. The molecule has 0 heterocycles. The van der Waals surface area contributed by atoms with Gasteiger partial charge in [-0.25, -0.2) is 0 Å². The van der Waals surface area contributed by atoms with Crippen LogP contribution >= 0.6 is 0 Å². The number of rotatable bonds is 17. The second-order valence-electron chi connectivity index (χ2n) is 7.66. The SMILES string of the molecule is CCCCCCCCCCCCC(C)c1ccc(COCCOC)cc1. The van der Waals surface area contributed by atoms with Crippen LogP contribution in [0.2, 0.25) is 0 Å². The Balaban J connectivity index is 2.05. The van der Waals surface area contributed by atoms with Crippen molar-refractivity contribution in [3.05, 3.63) is 35.4 Å². The van der Waals surface area contributed by atoms with Crippen molar-refractivity contribution >= 4 is 0 Å². The van der Waals surface area contributed by atoms with Crippen LogP contribution in [0.25, 0.3) is 0 Å². The fraction of sp³-hybridized carbons (Fsp3) is 0.750. The van der Waals surface area contributed by atoms with E-state index in [4.69, 9.17) is 9.47 Å². The third-order valence-corrected chi connectivity index (χ3v) is 5.24. The second kappa shape index (κ2) is 16.3. The van der Waals surface area contributed by atoms with Gasteiger partial charge in [0.2, 0.25) is 0 Å². The van der Waals surface area contributed by atoms with E-state index in [1.54, 1.807) is 7.11 Å². The van der Waals surface area contributed by atoms with Gasteiger partial charge >= 0.3 is 0 Å². The average molecular weight is 363 g/mol. The van der Waals surface area contributed by atoms with Crippen molar-refractivity contribution in [3.8, 4) is 0 Å². The Morgan fingerprint density at radius 3 is 1.92 bits per heavy atom. The molecular weight excluding hydrogens is 320 g/mol. The number of hydrogen-bond acceptors (Lipinski definition) is 2. The van der Waals surface area contributed by atoms with Crippen LogP contribution < -0.4 is 0 Å². The molecule has 1 atom stereocenters. The normalized spacial score (nSPS) is 12.4. The van der Waals surface area contributed by atoms with Crippen LogP contribution in [0.1, 0.15) is 102 Å². The standard InChI is InChI=1S/C24H42O2/c1-4-5-6-7-8-9-10-11-12-13-14-22(2)24-17-15-23(16-18-24)21-26-20-19-25-3/h15-18,22H,4-14,19-21H2,1-3H3. The predicted molar refractivity (Wildman–Crippen MR) is 113 cm³/mol. The van der Waals surface area contributed by atoms with E-state index >= 15 is 0 Å². The van der Waals surface area contributed by atoms with Gasteiger partial charge in [-0.05, 0) is 23.5 Å². The predicted octanol–water partition coefficient (Wildman–Crippen LogP) is 7.26. The Morgan fingerprint density at radius 2 is 1.35 bits per heavy atom. The molecule has 1 aromatic rings. The topological polar surface area (TPSA) is 18.5 Å². The molecule has 0 N–H and O–H groups in total. The van der Waals surface area contributed by atoms with Crippen LogP contribution in [0.15, 0.2) is 24.3 Å². The second-order valence-corrected chi connectivity index (χ2v) is 7.66. The molecular formula is C24H42O2. The zero-order valence-electron chi connectivity index (χ0n) is 17.6. The fourth-order valence-corrected chi connectivity index (χ4v) is 3.38. The Labute approximate surface area is 162 Å². The Hall–Kier alpha value is -0.860. The summed E-state index contributed by atoms with van der Waals surface area (Å²) in [4.78, 5) is 0. The number of unbranched alkanes of at least 4 members (excludes halogenated alkanes) is 9. The van der Waals surface area contributed by atoms with Crippen LogP contribution in [0.3, 0.4) is 0 Å². The molecule has 0 fully saturated rings. The van der Waals surface area contributed by atoms with E-state index < -0.39 is 0 Å². The Morgan fingerprint density at radius 1 is 0.769 bits per heavy atom. The lowest BCUT2D eigenvalue weighted by atomic mass is 9.94. The minimum Gasteiger partial charge on any atom is -0.382 e. The number of methoxy groups -OCH3 is 1. The largest absolute Gasteiger partial charge is 0.382 e. The summed E-state index contributed by atoms with van der Waals surface area (Å²) in [6.45, 7) is 6.64. The molecule has 0 aliphatic heterocycles. The van der Waals surface area contributed by atoms with Crippen LogP contribution in [0.5, 0.6) is 0 Å². The summed E-state index contributed by atoms with van der Waals surface area (Å²) in [6.07, 6.45) is 15.4. The summed E-state index contributed by atoms with van der Waals surface area (Å²) < 4.78 is 10.6. The maximum atomic E-state index is 5.57. The molecule has 1 rings (SSSR count). The molecule has 0 bridgehead atoms. The van der Waals surface area contributed by atoms with Gasteiger partial charge in [0, 0.05) is 7.11 Å². The molecule has 0 saturated carbocycles. The van der Waals surface area contributed by atoms with Gasteiger partial charge in [-0.1, -0.05) is 102 Å². The number of hydrogen-bond donors (Lipinski definition) is 0. The highest BCUT2D eigenvalue weighted by atomic mass is 16.5. The summed E-state index contributed by atoms with van der Waals surface area (Å²) in [7, 11) is 1.70. The van der Waals surface area contributed by atoms with Gasteiger partial charge in [-0.2, -0.15) is 0 Å². The maximum Gasteiger partial charge on any atom is 0.0718 e. The fourth-order valence-electron chi connectivity index (χ4n) is 3.38. The van der Waals surface area contributed by atoms with E-state index in [0.29, 0.717) is 25.7 Å². The Kier molecular flexibility index (Phi) is 14.6. The first-order valence-corrected chi connectivity index (χ1v) is 10.9. The zero-order chi connectivity index (χ0) is 18.9. The molecule has 0 spiro atoms. The minimum absolute atomic E-state index is 0.660. The van der Waals surface area contributed by atoms with Gasteiger partial charge < -0.3 is 9.47 Å². The van der Waals surface area contributed by atoms with Gasteiger partial charge in [-0.15, -0.1) is 0 Å². The molecule has 0 radical (unpaired) electrons. The van der Waals surface area contributed by atoms with Crippen LogP contribution in [0, 0.1) is 0 Å². The molecule has 150 valence electrons.